The first-order chi connectivity index (χ1) is 13.5. The van der Waals surface area contributed by atoms with Crippen LogP contribution in [0.1, 0.15) is 21.5 Å². The number of hydrogen-bond acceptors (Lipinski definition) is 2. The molecular weight excluding hydrogens is 346 g/mol. The van der Waals surface area contributed by atoms with Crippen molar-refractivity contribution in [2.45, 2.75) is 13.8 Å². The number of nitrogens with two attached hydrogens (primary N) is 1. The summed E-state index contributed by atoms with van der Waals surface area (Å²) in [5.41, 5.74) is 14.4. The van der Waals surface area contributed by atoms with Gasteiger partial charge in [0.15, 0.2) is 0 Å². The summed E-state index contributed by atoms with van der Waals surface area (Å²) in [4.78, 5) is 19.7. The predicted octanol–water partition coefficient (Wildman–Crippen LogP) is 5.13. The van der Waals surface area contributed by atoms with E-state index in [9.17, 15) is 4.79 Å². The lowest BCUT2D eigenvalue weighted by Gasteiger charge is -2.11. The zero-order valence-electron chi connectivity index (χ0n) is 15.9. The van der Waals surface area contributed by atoms with E-state index in [1.54, 1.807) is 18.5 Å². The summed E-state index contributed by atoms with van der Waals surface area (Å²) >= 11 is 0. The molecule has 1 amide bonds. The number of H-pyrrole nitrogens is 1. The first-order valence-electron chi connectivity index (χ1n) is 9.15. The van der Waals surface area contributed by atoms with Gasteiger partial charge in [-0.15, -0.1) is 0 Å². The van der Waals surface area contributed by atoms with Crippen LogP contribution in [0, 0.1) is 13.8 Å². The van der Waals surface area contributed by atoms with Crippen LogP contribution in [-0.4, -0.2) is 15.9 Å². The smallest absolute Gasteiger partial charge is 0.249 e. The lowest BCUT2D eigenvalue weighted by molar-refractivity contribution is 0.100. The molecule has 0 saturated carbocycles. The van der Waals surface area contributed by atoms with Crippen molar-refractivity contribution >= 4 is 5.91 Å². The molecule has 4 nitrogen and oxygen atoms in total. The Morgan fingerprint density at radius 2 is 1.64 bits per heavy atom. The SMILES string of the molecule is Cc1ccc(C)c(-c2[nH]c(-c3ccncc3)cc2-c2ccccc2C(N)=O)c1. The Kier molecular flexibility index (Phi) is 4.53. The summed E-state index contributed by atoms with van der Waals surface area (Å²) in [6.07, 6.45) is 3.54. The highest BCUT2D eigenvalue weighted by molar-refractivity contribution is 6.02. The molecule has 0 bridgehead atoms. The molecule has 3 N–H and O–H groups in total. The maximum Gasteiger partial charge on any atom is 0.249 e. The van der Waals surface area contributed by atoms with Gasteiger partial charge in [0.25, 0.3) is 0 Å². The van der Waals surface area contributed by atoms with E-state index >= 15 is 0 Å². The highest BCUT2D eigenvalue weighted by atomic mass is 16.1. The Hall–Kier alpha value is -3.66. The molecule has 0 saturated heterocycles. The third kappa shape index (κ3) is 3.21. The minimum Gasteiger partial charge on any atom is -0.366 e. The van der Waals surface area contributed by atoms with E-state index < -0.39 is 5.91 Å². The van der Waals surface area contributed by atoms with Crippen molar-refractivity contribution in [2.24, 2.45) is 5.73 Å². The topological polar surface area (TPSA) is 71.8 Å². The molecule has 4 aromatic rings. The molecule has 0 radical (unpaired) electrons. The van der Waals surface area contributed by atoms with Gasteiger partial charge in [0.2, 0.25) is 5.91 Å². The zero-order chi connectivity index (χ0) is 19.7. The average Bonchev–Trinajstić information content (AvgIpc) is 3.15. The second-order valence-corrected chi connectivity index (χ2v) is 6.94. The van der Waals surface area contributed by atoms with Crippen LogP contribution in [0.15, 0.2) is 73.1 Å². The second kappa shape index (κ2) is 7.16. The third-order valence-corrected chi connectivity index (χ3v) is 4.95. The molecule has 0 aliphatic rings. The maximum atomic E-state index is 12.0. The maximum absolute atomic E-state index is 12.0. The van der Waals surface area contributed by atoms with Crippen LogP contribution < -0.4 is 5.73 Å². The molecule has 0 unspecified atom stereocenters. The van der Waals surface area contributed by atoms with Crippen molar-refractivity contribution in [1.29, 1.82) is 0 Å². The quantitative estimate of drug-likeness (QED) is 0.525. The van der Waals surface area contributed by atoms with Crippen LogP contribution >= 0.6 is 0 Å². The Bertz CT molecular complexity index is 1160. The van der Waals surface area contributed by atoms with E-state index in [-0.39, 0.29) is 0 Å². The minimum absolute atomic E-state index is 0.436. The molecule has 0 aliphatic heterocycles. The lowest BCUT2D eigenvalue weighted by Crippen LogP contribution is -2.12. The summed E-state index contributed by atoms with van der Waals surface area (Å²) in [7, 11) is 0. The van der Waals surface area contributed by atoms with Gasteiger partial charge in [-0.1, -0.05) is 35.9 Å². The number of aryl methyl sites for hydroxylation is 2. The molecule has 2 aromatic carbocycles. The van der Waals surface area contributed by atoms with E-state index in [2.05, 4.69) is 48.1 Å². The monoisotopic (exact) mass is 367 g/mol. The predicted molar refractivity (Wildman–Crippen MR) is 113 cm³/mol. The number of benzene rings is 2. The van der Waals surface area contributed by atoms with E-state index in [4.69, 9.17) is 5.73 Å². The van der Waals surface area contributed by atoms with Gasteiger partial charge in [-0.25, -0.2) is 0 Å². The third-order valence-electron chi connectivity index (χ3n) is 4.95. The number of primary amides is 1. The van der Waals surface area contributed by atoms with Gasteiger partial charge in [-0.3, -0.25) is 9.78 Å². The van der Waals surface area contributed by atoms with Crippen LogP contribution in [0.2, 0.25) is 0 Å². The van der Waals surface area contributed by atoms with Crippen LogP contribution in [0.25, 0.3) is 33.6 Å². The first kappa shape index (κ1) is 17.7. The Labute approximate surface area is 164 Å². The summed E-state index contributed by atoms with van der Waals surface area (Å²) in [5, 5.41) is 0. The van der Waals surface area contributed by atoms with E-state index in [0.717, 1.165) is 39.2 Å². The number of aromatic nitrogens is 2. The van der Waals surface area contributed by atoms with Crippen molar-refractivity contribution in [1.82, 2.24) is 9.97 Å². The highest BCUT2D eigenvalue weighted by Gasteiger charge is 2.18. The summed E-state index contributed by atoms with van der Waals surface area (Å²) in [6.45, 7) is 4.16. The number of nitrogens with one attached hydrogen (secondary N) is 1. The number of carbonyl (C=O) groups excluding carboxylic acids is 1. The number of hydrogen-bond donors (Lipinski definition) is 2. The molecule has 2 aromatic heterocycles. The number of nitrogens with zero attached hydrogens (tertiary/aromatic N) is 1. The zero-order valence-corrected chi connectivity index (χ0v) is 15.9. The summed E-state index contributed by atoms with van der Waals surface area (Å²) < 4.78 is 0. The van der Waals surface area contributed by atoms with Crippen LogP contribution in [0.4, 0.5) is 0 Å². The molecule has 28 heavy (non-hydrogen) atoms. The normalized spacial score (nSPS) is 10.8. The van der Waals surface area contributed by atoms with Gasteiger partial charge in [-0.05, 0) is 55.3 Å². The van der Waals surface area contributed by atoms with Gasteiger partial charge in [0.05, 0.1) is 5.69 Å². The number of amides is 1. The molecule has 0 aliphatic carbocycles. The molecule has 0 atom stereocenters. The standard InChI is InChI=1S/C24H21N3O/c1-15-7-8-16(2)20(13-15)23-21(18-5-3-4-6-19(18)24(25)28)14-22(27-23)17-9-11-26-12-10-17/h3-14,27H,1-2H3,(H2,25,28). The fourth-order valence-electron chi connectivity index (χ4n) is 3.50. The van der Waals surface area contributed by atoms with Gasteiger partial charge in [0.1, 0.15) is 0 Å². The number of pyridine rings is 1. The van der Waals surface area contributed by atoms with Crippen molar-refractivity contribution in [3.05, 3.63) is 89.7 Å². The minimum atomic E-state index is -0.436. The van der Waals surface area contributed by atoms with Crippen molar-refractivity contribution in [3.63, 3.8) is 0 Å². The van der Waals surface area contributed by atoms with Crippen molar-refractivity contribution in [2.75, 3.05) is 0 Å². The molecule has 4 heteroatoms. The van der Waals surface area contributed by atoms with E-state index in [1.807, 2.05) is 30.3 Å². The van der Waals surface area contributed by atoms with Crippen molar-refractivity contribution in [3.8, 4) is 33.6 Å². The molecule has 138 valence electrons. The second-order valence-electron chi connectivity index (χ2n) is 6.94. The lowest BCUT2D eigenvalue weighted by atomic mass is 9.94. The molecule has 0 spiro atoms. The van der Waals surface area contributed by atoms with Crippen LogP contribution in [-0.2, 0) is 0 Å². The highest BCUT2D eigenvalue weighted by Crippen LogP contribution is 2.38. The number of rotatable bonds is 4. The Morgan fingerprint density at radius 1 is 0.893 bits per heavy atom. The fourth-order valence-corrected chi connectivity index (χ4v) is 3.50. The fraction of sp³-hybridized carbons (Fsp3) is 0.0833. The van der Waals surface area contributed by atoms with Gasteiger partial charge < -0.3 is 10.7 Å². The van der Waals surface area contributed by atoms with Gasteiger partial charge >= 0.3 is 0 Å². The summed E-state index contributed by atoms with van der Waals surface area (Å²) in [6, 6.07) is 19.8. The molecule has 4 rings (SSSR count). The Balaban J connectivity index is 2.01. The largest absolute Gasteiger partial charge is 0.366 e. The number of carbonyl (C=O) groups is 1. The van der Waals surface area contributed by atoms with E-state index in [0.29, 0.717) is 5.56 Å². The summed E-state index contributed by atoms with van der Waals surface area (Å²) in [5.74, 6) is -0.436. The van der Waals surface area contributed by atoms with Crippen molar-refractivity contribution < 1.29 is 4.79 Å². The molecule has 2 heterocycles. The Morgan fingerprint density at radius 3 is 2.39 bits per heavy atom. The van der Waals surface area contributed by atoms with E-state index in [1.165, 1.54) is 5.56 Å². The van der Waals surface area contributed by atoms with Crippen LogP contribution in [0.5, 0.6) is 0 Å². The van der Waals surface area contributed by atoms with Crippen LogP contribution in [0.3, 0.4) is 0 Å². The van der Waals surface area contributed by atoms with Gasteiger partial charge in [-0.2, -0.15) is 0 Å². The number of aromatic amines is 1. The molecule has 0 fully saturated rings. The molecular formula is C24H21N3O. The first-order valence-corrected chi connectivity index (χ1v) is 9.15. The average molecular weight is 367 g/mol. The van der Waals surface area contributed by atoms with Gasteiger partial charge in [0, 0.05) is 40.3 Å².